The quantitative estimate of drug-likeness (QED) is 0.111. The second kappa shape index (κ2) is 16.1. The van der Waals surface area contributed by atoms with Gasteiger partial charge in [-0.25, -0.2) is 4.79 Å². The molecule has 4 aromatic rings. The van der Waals surface area contributed by atoms with Gasteiger partial charge in [-0.05, 0) is 59.0 Å². The molecule has 1 amide bonds. The third-order valence-corrected chi connectivity index (χ3v) is 9.40. The van der Waals surface area contributed by atoms with E-state index in [4.69, 9.17) is 14.2 Å². The number of carbonyl (C=O) groups excluding carboxylic acids is 2. The minimum Gasteiger partial charge on any atom is -0.478 e. The highest BCUT2D eigenvalue weighted by molar-refractivity contribution is 7.99. The lowest BCUT2D eigenvalue weighted by Crippen LogP contribution is -2.38. The van der Waals surface area contributed by atoms with Crippen molar-refractivity contribution in [2.24, 2.45) is 5.92 Å². The Morgan fingerprint density at radius 2 is 1.58 bits per heavy atom. The highest BCUT2D eigenvalue weighted by Crippen LogP contribution is 2.43. The molecule has 0 unspecified atom stereocenters. The molecule has 250 valence electrons. The number of hydrogen-bond donors (Lipinski definition) is 3. The number of amides is 1. The van der Waals surface area contributed by atoms with Crippen LogP contribution in [0.2, 0.25) is 0 Å². The summed E-state index contributed by atoms with van der Waals surface area (Å²) >= 11 is 1.45. The molecule has 9 nitrogen and oxygen atoms in total. The molecule has 1 fully saturated rings. The molecular weight excluding hydrogens is 630 g/mol. The van der Waals surface area contributed by atoms with Crippen LogP contribution in [0, 0.1) is 5.92 Å². The van der Waals surface area contributed by atoms with Gasteiger partial charge in [-0.1, -0.05) is 79.7 Å². The van der Waals surface area contributed by atoms with E-state index in [9.17, 15) is 24.6 Å². The average Bonchev–Trinajstić information content (AvgIpc) is 3.10. The van der Waals surface area contributed by atoms with E-state index in [2.05, 4.69) is 12.2 Å². The number of hydrogen-bond acceptors (Lipinski definition) is 8. The Morgan fingerprint density at radius 3 is 2.29 bits per heavy atom. The Balaban J connectivity index is 1.38. The molecule has 1 saturated heterocycles. The van der Waals surface area contributed by atoms with Crippen molar-refractivity contribution < 1.29 is 38.8 Å². The summed E-state index contributed by atoms with van der Waals surface area (Å²) < 4.78 is 18.2. The lowest BCUT2D eigenvalue weighted by atomic mass is 9.91. The number of esters is 1. The van der Waals surface area contributed by atoms with Gasteiger partial charge in [0.2, 0.25) is 0 Å². The lowest BCUT2D eigenvalue weighted by molar-refractivity contribution is -0.268. The van der Waals surface area contributed by atoms with Gasteiger partial charge >= 0.3 is 11.9 Å². The van der Waals surface area contributed by atoms with Crippen LogP contribution in [0.1, 0.15) is 65.8 Å². The largest absolute Gasteiger partial charge is 0.478 e. The molecule has 5 atom stereocenters. The third kappa shape index (κ3) is 8.70. The second-order valence-corrected chi connectivity index (χ2v) is 12.8. The van der Waals surface area contributed by atoms with Gasteiger partial charge < -0.3 is 29.7 Å². The molecule has 1 heterocycles. The summed E-state index contributed by atoms with van der Waals surface area (Å²) in [6.07, 6.45) is -2.18. The van der Waals surface area contributed by atoms with Crippen LogP contribution >= 0.6 is 11.8 Å². The number of ether oxygens (including phenoxy) is 3. The van der Waals surface area contributed by atoms with Crippen LogP contribution in [0.5, 0.6) is 0 Å². The van der Waals surface area contributed by atoms with Crippen LogP contribution in [0.3, 0.4) is 0 Å². The summed E-state index contributed by atoms with van der Waals surface area (Å²) in [6, 6.07) is 30.4. The minimum atomic E-state index is -0.974. The number of nitrogens with one attached hydrogen (secondary N) is 1. The van der Waals surface area contributed by atoms with Crippen molar-refractivity contribution in [3.8, 4) is 11.1 Å². The van der Waals surface area contributed by atoms with Crippen molar-refractivity contribution >= 4 is 29.6 Å². The molecule has 0 saturated carbocycles. The fourth-order valence-electron chi connectivity index (χ4n) is 5.61. The number of rotatable bonds is 12. The highest BCUT2D eigenvalue weighted by atomic mass is 32.2. The molecule has 48 heavy (non-hydrogen) atoms. The van der Waals surface area contributed by atoms with Gasteiger partial charge in [0.25, 0.3) is 5.91 Å². The van der Waals surface area contributed by atoms with E-state index >= 15 is 0 Å². The summed E-state index contributed by atoms with van der Waals surface area (Å²) in [5.74, 6) is -1.42. The topological polar surface area (TPSA) is 131 Å². The van der Waals surface area contributed by atoms with Gasteiger partial charge in [0.1, 0.15) is 0 Å². The molecular formula is C38H39NO8S. The molecule has 0 bridgehead atoms. The summed E-state index contributed by atoms with van der Waals surface area (Å²) in [5, 5.41) is 22.1. The van der Waals surface area contributed by atoms with Crippen LogP contribution in [-0.2, 0) is 37.0 Å². The monoisotopic (exact) mass is 669 g/mol. The number of carbonyl (C=O) groups is 3. The van der Waals surface area contributed by atoms with E-state index in [1.54, 1.807) is 12.1 Å². The number of aliphatic hydroxyl groups excluding tert-OH is 1. The maximum Gasteiger partial charge on any atom is 0.336 e. The Bertz CT molecular complexity index is 1740. The van der Waals surface area contributed by atoms with Crippen LogP contribution in [0.4, 0.5) is 0 Å². The van der Waals surface area contributed by atoms with Crippen molar-refractivity contribution in [2.75, 3.05) is 5.75 Å². The molecule has 4 aromatic carbocycles. The highest BCUT2D eigenvalue weighted by Gasteiger charge is 2.38. The number of aliphatic hydroxyl groups is 1. The van der Waals surface area contributed by atoms with E-state index in [1.165, 1.54) is 25.6 Å². The number of carboxylic acid groups (broad SMARTS) is 1. The first-order chi connectivity index (χ1) is 23.1. The number of carboxylic acids is 1. The summed E-state index contributed by atoms with van der Waals surface area (Å²) in [5.41, 5.74) is 5.60. The maximum absolute atomic E-state index is 12.4. The van der Waals surface area contributed by atoms with Gasteiger partial charge in [-0.15, -0.1) is 11.8 Å². The lowest BCUT2D eigenvalue weighted by Gasteiger charge is -2.41. The molecule has 3 N–H and O–H groups in total. The third-order valence-electron chi connectivity index (χ3n) is 8.24. The molecule has 1 aliphatic rings. The van der Waals surface area contributed by atoms with E-state index in [-0.39, 0.29) is 42.7 Å². The van der Waals surface area contributed by atoms with Gasteiger partial charge in [0.05, 0.1) is 24.4 Å². The molecule has 0 radical (unpaired) electrons. The fourth-order valence-corrected chi connectivity index (χ4v) is 6.82. The van der Waals surface area contributed by atoms with Crippen LogP contribution in [-0.4, -0.2) is 46.0 Å². The Hall–Kier alpha value is -4.48. The number of benzene rings is 4. The summed E-state index contributed by atoms with van der Waals surface area (Å²) in [7, 11) is 0. The van der Waals surface area contributed by atoms with Crippen molar-refractivity contribution in [2.45, 2.75) is 63.4 Å². The first kappa shape index (κ1) is 34.8. The molecule has 0 aromatic heterocycles. The van der Waals surface area contributed by atoms with E-state index in [1.807, 2.05) is 84.9 Å². The predicted octanol–water partition coefficient (Wildman–Crippen LogP) is 6.70. The average molecular weight is 670 g/mol. The molecule has 0 aliphatic carbocycles. The smallest absolute Gasteiger partial charge is 0.336 e. The van der Waals surface area contributed by atoms with Crippen molar-refractivity contribution in [1.82, 2.24) is 5.32 Å². The van der Waals surface area contributed by atoms with E-state index < -0.39 is 24.3 Å². The fraction of sp³-hybridized carbons (Fsp3) is 0.289. The maximum atomic E-state index is 12.4. The van der Waals surface area contributed by atoms with E-state index in [0.29, 0.717) is 10.6 Å². The molecule has 5 rings (SSSR count). The number of aromatic carboxylic acids is 1. The number of thioether (sulfide) groups is 1. The van der Waals surface area contributed by atoms with Crippen molar-refractivity contribution in [1.29, 1.82) is 0 Å². The SMILES string of the molecule is CC(=O)O[C@@H](C)C(=O)NCc1cccc(-c2cccc([C@H]3O[C@@H](CSc4ccccc4C(=O)O)[C@@H](C)[C@@H](c4ccc(CO)cc4)O3)c2)c1. The Kier molecular flexibility index (Phi) is 11.7. The zero-order chi connectivity index (χ0) is 34.2. The van der Waals surface area contributed by atoms with Crippen LogP contribution < -0.4 is 5.32 Å². The molecule has 1 aliphatic heterocycles. The van der Waals surface area contributed by atoms with Crippen LogP contribution in [0.15, 0.2) is 102 Å². The normalized spacial score (nSPS) is 19.7. The summed E-state index contributed by atoms with van der Waals surface area (Å²) in [6.45, 7) is 5.08. The van der Waals surface area contributed by atoms with Gasteiger partial charge in [-0.2, -0.15) is 0 Å². The van der Waals surface area contributed by atoms with Gasteiger partial charge in [-0.3, -0.25) is 9.59 Å². The Labute approximate surface area is 284 Å². The first-order valence-electron chi connectivity index (χ1n) is 15.7. The summed E-state index contributed by atoms with van der Waals surface area (Å²) in [4.78, 5) is 36.1. The van der Waals surface area contributed by atoms with Gasteiger partial charge in [0.15, 0.2) is 12.4 Å². The van der Waals surface area contributed by atoms with E-state index in [0.717, 1.165) is 33.4 Å². The van der Waals surface area contributed by atoms with Crippen molar-refractivity contribution in [3.63, 3.8) is 0 Å². The standard InChI is InChI=1S/C38H39NO8S/c1-23-33(22-48-34-13-5-4-12-32(34)37(43)44)46-38(47-35(23)28-16-14-26(21-40)15-17-28)31-11-7-10-30(19-31)29-9-6-8-27(18-29)20-39-36(42)24(2)45-25(3)41/h4-19,23-24,33,35,38,40H,20-22H2,1-3H3,(H,39,42)(H,43,44)/t23-,24+,33+,35+,38+/m1/s1. The zero-order valence-corrected chi connectivity index (χ0v) is 27.8. The first-order valence-corrected chi connectivity index (χ1v) is 16.7. The Morgan fingerprint density at radius 1 is 0.875 bits per heavy atom. The van der Waals surface area contributed by atoms with Gasteiger partial charge in [0, 0.05) is 35.6 Å². The second-order valence-electron chi connectivity index (χ2n) is 11.7. The molecule has 0 spiro atoms. The minimum absolute atomic E-state index is 0.0525. The van der Waals surface area contributed by atoms with Crippen LogP contribution in [0.25, 0.3) is 11.1 Å². The van der Waals surface area contributed by atoms with Crippen molar-refractivity contribution in [3.05, 3.63) is 125 Å². The molecule has 10 heteroatoms. The predicted molar refractivity (Wildman–Crippen MR) is 182 cm³/mol. The zero-order valence-electron chi connectivity index (χ0n) is 27.0.